The lowest BCUT2D eigenvalue weighted by Gasteiger charge is -2.32. The van der Waals surface area contributed by atoms with Gasteiger partial charge in [0.2, 0.25) is 0 Å². The summed E-state index contributed by atoms with van der Waals surface area (Å²) in [7, 11) is 0. The van der Waals surface area contributed by atoms with Crippen LogP contribution in [-0.2, 0) is 6.54 Å². The molecule has 0 aromatic heterocycles. The summed E-state index contributed by atoms with van der Waals surface area (Å²) in [5, 5.41) is 14.6. The molecule has 0 bridgehead atoms. The normalized spacial score (nSPS) is 17.0. The molecular weight excluding hydrogens is 334 g/mol. The molecule has 5 nitrogen and oxygen atoms in total. The molecule has 1 aliphatic rings. The molecule has 0 radical (unpaired) electrons. The van der Waals surface area contributed by atoms with Crippen molar-refractivity contribution in [2.45, 2.75) is 38.8 Å². The lowest BCUT2D eigenvalue weighted by Crippen LogP contribution is -2.42. The van der Waals surface area contributed by atoms with Crippen LogP contribution in [-0.4, -0.2) is 35.5 Å². The summed E-state index contributed by atoms with van der Waals surface area (Å²) >= 11 is 3.28. The van der Waals surface area contributed by atoms with Crippen LogP contribution in [0.5, 0.6) is 0 Å². The number of nitrogens with one attached hydrogen (secondary N) is 1. The first kappa shape index (κ1) is 16.4. The first-order valence-electron chi connectivity index (χ1n) is 7.48. The van der Waals surface area contributed by atoms with Crippen LogP contribution in [0, 0.1) is 10.1 Å². The Bertz CT molecular complexity index is 488. The van der Waals surface area contributed by atoms with Crippen molar-refractivity contribution in [1.29, 1.82) is 0 Å². The summed E-state index contributed by atoms with van der Waals surface area (Å²) in [5.41, 5.74) is 0.930. The van der Waals surface area contributed by atoms with Crippen LogP contribution in [0.4, 0.5) is 5.69 Å². The van der Waals surface area contributed by atoms with Crippen LogP contribution in [0.25, 0.3) is 0 Å². The van der Waals surface area contributed by atoms with Crippen LogP contribution in [0.15, 0.2) is 22.7 Å². The van der Waals surface area contributed by atoms with Gasteiger partial charge >= 0.3 is 0 Å². The molecule has 0 saturated carbocycles. The summed E-state index contributed by atoms with van der Waals surface area (Å²) in [6.45, 7) is 6.17. The van der Waals surface area contributed by atoms with Crippen molar-refractivity contribution in [2.24, 2.45) is 0 Å². The zero-order chi connectivity index (χ0) is 15.2. The number of piperidine rings is 1. The summed E-state index contributed by atoms with van der Waals surface area (Å²) < 4.78 is 0.742. The van der Waals surface area contributed by atoms with E-state index < -0.39 is 0 Å². The zero-order valence-corrected chi connectivity index (χ0v) is 13.9. The Morgan fingerprint density at radius 2 is 2.14 bits per heavy atom. The molecule has 0 amide bonds. The van der Waals surface area contributed by atoms with Gasteiger partial charge in [-0.2, -0.15) is 0 Å². The molecule has 0 atom stereocenters. The van der Waals surface area contributed by atoms with Crippen molar-refractivity contribution >= 4 is 21.6 Å². The highest BCUT2D eigenvalue weighted by Gasteiger charge is 2.20. The van der Waals surface area contributed by atoms with Gasteiger partial charge in [0.15, 0.2) is 0 Å². The third kappa shape index (κ3) is 4.76. The molecule has 0 unspecified atom stereocenters. The fraction of sp³-hybridized carbons (Fsp3) is 0.600. The van der Waals surface area contributed by atoms with Gasteiger partial charge in [-0.3, -0.25) is 10.1 Å². The van der Waals surface area contributed by atoms with Gasteiger partial charge in [0.1, 0.15) is 0 Å². The molecule has 2 rings (SSSR count). The first-order chi connectivity index (χ1) is 10.1. The quantitative estimate of drug-likeness (QED) is 0.628. The van der Waals surface area contributed by atoms with Gasteiger partial charge in [0.05, 0.1) is 4.92 Å². The van der Waals surface area contributed by atoms with Crippen molar-refractivity contribution in [3.05, 3.63) is 38.3 Å². The second kappa shape index (κ2) is 7.87. The third-order valence-electron chi connectivity index (χ3n) is 3.95. The van der Waals surface area contributed by atoms with E-state index in [0.717, 1.165) is 36.0 Å². The molecule has 1 fully saturated rings. The number of hydrogen-bond donors (Lipinski definition) is 1. The van der Waals surface area contributed by atoms with Crippen LogP contribution in [0.3, 0.4) is 0 Å². The predicted octanol–water partition coefficient (Wildman–Crippen LogP) is 3.32. The fourth-order valence-electron chi connectivity index (χ4n) is 2.79. The van der Waals surface area contributed by atoms with Crippen LogP contribution >= 0.6 is 15.9 Å². The predicted molar refractivity (Wildman–Crippen MR) is 87.4 cm³/mol. The molecule has 1 aliphatic heterocycles. The summed E-state index contributed by atoms with van der Waals surface area (Å²) in [4.78, 5) is 13.3. The Kier molecular flexibility index (Phi) is 6.14. The number of benzene rings is 1. The topological polar surface area (TPSA) is 58.4 Å². The van der Waals surface area contributed by atoms with E-state index in [4.69, 9.17) is 0 Å². The molecule has 1 N–H and O–H groups in total. The fourth-order valence-corrected chi connectivity index (χ4v) is 3.14. The Labute approximate surface area is 134 Å². The van der Waals surface area contributed by atoms with Crippen molar-refractivity contribution in [2.75, 3.05) is 19.6 Å². The SMILES string of the molecule is CCCN1CCC(NCc2ccc(Br)cc2[N+](=O)[O-])CC1. The van der Waals surface area contributed by atoms with E-state index in [9.17, 15) is 10.1 Å². The van der Waals surface area contributed by atoms with Crippen molar-refractivity contribution in [3.8, 4) is 0 Å². The maximum atomic E-state index is 11.1. The van der Waals surface area contributed by atoms with Gasteiger partial charge < -0.3 is 10.2 Å². The molecule has 116 valence electrons. The Hall–Kier alpha value is -0.980. The van der Waals surface area contributed by atoms with Crippen molar-refractivity contribution in [1.82, 2.24) is 10.2 Å². The molecule has 0 spiro atoms. The van der Waals surface area contributed by atoms with E-state index in [0.29, 0.717) is 12.6 Å². The monoisotopic (exact) mass is 355 g/mol. The highest BCUT2D eigenvalue weighted by molar-refractivity contribution is 9.10. The number of likely N-dealkylation sites (tertiary alicyclic amines) is 1. The minimum absolute atomic E-state index is 0.181. The number of nitro groups is 1. The standard InChI is InChI=1S/C15H22BrN3O2/c1-2-7-18-8-5-14(6-9-18)17-11-12-3-4-13(16)10-15(12)19(20)21/h3-4,10,14,17H,2,5-9,11H2,1H3. The van der Waals surface area contributed by atoms with Crippen LogP contribution in [0.2, 0.25) is 0 Å². The van der Waals surface area contributed by atoms with E-state index in [1.165, 1.54) is 13.0 Å². The minimum Gasteiger partial charge on any atom is -0.310 e. The lowest BCUT2D eigenvalue weighted by atomic mass is 10.0. The zero-order valence-electron chi connectivity index (χ0n) is 12.3. The van der Waals surface area contributed by atoms with Gasteiger partial charge in [-0.05, 0) is 51.0 Å². The summed E-state index contributed by atoms with van der Waals surface area (Å²) in [6, 6.07) is 5.71. The van der Waals surface area contributed by atoms with Crippen LogP contribution in [0.1, 0.15) is 31.7 Å². The lowest BCUT2D eigenvalue weighted by molar-refractivity contribution is -0.385. The van der Waals surface area contributed by atoms with Crippen molar-refractivity contribution < 1.29 is 4.92 Å². The van der Waals surface area contributed by atoms with E-state index in [-0.39, 0.29) is 10.6 Å². The molecule has 1 aromatic rings. The third-order valence-corrected chi connectivity index (χ3v) is 4.45. The van der Waals surface area contributed by atoms with Gasteiger partial charge in [-0.1, -0.05) is 22.9 Å². The van der Waals surface area contributed by atoms with E-state index in [1.54, 1.807) is 6.07 Å². The molecule has 1 heterocycles. The van der Waals surface area contributed by atoms with Gasteiger partial charge in [-0.15, -0.1) is 0 Å². The maximum Gasteiger partial charge on any atom is 0.275 e. The second-order valence-electron chi connectivity index (χ2n) is 5.53. The van der Waals surface area contributed by atoms with Gasteiger partial charge in [-0.25, -0.2) is 0 Å². The smallest absolute Gasteiger partial charge is 0.275 e. The van der Waals surface area contributed by atoms with Gasteiger partial charge in [0, 0.05) is 28.7 Å². The number of halogens is 1. The first-order valence-corrected chi connectivity index (χ1v) is 8.28. The van der Waals surface area contributed by atoms with Crippen molar-refractivity contribution in [3.63, 3.8) is 0 Å². The minimum atomic E-state index is -0.314. The maximum absolute atomic E-state index is 11.1. The molecule has 1 aromatic carbocycles. The molecule has 0 aliphatic carbocycles. The molecular formula is C15H22BrN3O2. The van der Waals surface area contributed by atoms with E-state index in [2.05, 4.69) is 33.1 Å². The van der Waals surface area contributed by atoms with Crippen LogP contribution < -0.4 is 5.32 Å². The van der Waals surface area contributed by atoms with E-state index >= 15 is 0 Å². The Morgan fingerprint density at radius 3 is 2.76 bits per heavy atom. The Balaban J connectivity index is 1.88. The second-order valence-corrected chi connectivity index (χ2v) is 6.44. The number of rotatable bonds is 6. The number of nitrogens with zero attached hydrogens (tertiary/aromatic N) is 2. The molecule has 6 heteroatoms. The highest BCUT2D eigenvalue weighted by Crippen LogP contribution is 2.24. The number of hydrogen-bond acceptors (Lipinski definition) is 4. The largest absolute Gasteiger partial charge is 0.310 e. The highest BCUT2D eigenvalue weighted by atomic mass is 79.9. The average molecular weight is 356 g/mol. The average Bonchev–Trinajstić information content (AvgIpc) is 2.47. The van der Waals surface area contributed by atoms with Gasteiger partial charge in [0.25, 0.3) is 5.69 Å². The summed E-state index contributed by atoms with van der Waals surface area (Å²) in [5.74, 6) is 0. The molecule has 21 heavy (non-hydrogen) atoms. The Morgan fingerprint density at radius 1 is 1.43 bits per heavy atom. The van der Waals surface area contributed by atoms with E-state index in [1.807, 2.05) is 12.1 Å². The summed E-state index contributed by atoms with van der Waals surface area (Å²) in [6.07, 6.45) is 3.43. The number of nitro benzene ring substituents is 1. The molecule has 1 saturated heterocycles.